The first-order valence-corrected chi connectivity index (χ1v) is 6.83. The van der Waals surface area contributed by atoms with E-state index in [2.05, 4.69) is 11.9 Å². The van der Waals surface area contributed by atoms with Gasteiger partial charge in [-0.3, -0.25) is 9.69 Å². The van der Waals surface area contributed by atoms with E-state index in [1.54, 1.807) is 20.3 Å². The molecule has 0 unspecified atom stereocenters. The molecule has 0 bridgehead atoms. The van der Waals surface area contributed by atoms with Crippen LogP contribution in [0, 0.1) is 0 Å². The maximum absolute atomic E-state index is 11.9. The summed E-state index contributed by atoms with van der Waals surface area (Å²) in [4.78, 5) is 13.9. The first-order chi connectivity index (χ1) is 10.0. The number of nitrogens with zero attached hydrogens (tertiary/aromatic N) is 1. The number of likely N-dealkylation sites (N-methyl/N-ethyl adjacent to an activating group) is 1. The van der Waals surface area contributed by atoms with Gasteiger partial charge in [-0.05, 0) is 20.0 Å². The van der Waals surface area contributed by atoms with Crippen LogP contribution in [0.4, 0.5) is 0 Å². The molecular formula is C16H24N2O3. The topological polar surface area (TPSA) is 50.8 Å². The van der Waals surface area contributed by atoms with Crippen LogP contribution in [0.5, 0.6) is 11.5 Å². The molecule has 21 heavy (non-hydrogen) atoms. The van der Waals surface area contributed by atoms with Gasteiger partial charge in [0.05, 0.1) is 20.3 Å². The third-order valence-corrected chi connectivity index (χ3v) is 3.38. The lowest BCUT2D eigenvalue weighted by atomic mass is 10.1. The smallest absolute Gasteiger partial charge is 0.237 e. The SMILES string of the molecule is C=CCNC(=O)[C@@H](C)N(C)Cc1ccc(OC)cc1OC. The molecule has 0 saturated heterocycles. The minimum absolute atomic E-state index is 0.0233. The Hall–Kier alpha value is -2.01. The zero-order valence-corrected chi connectivity index (χ0v) is 13.2. The van der Waals surface area contributed by atoms with Crippen molar-refractivity contribution in [1.29, 1.82) is 0 Å². The summed E-state index contributed by atoms with van der Waals surface area (Å²) < 4.78 is 10.6. The van der Waals surface area contributed by atoms with Gasteiger partial charge < -0.3 is 14.8 Å². The summed E-state index contributed by atoms with van der Waals surface area (Å²) >= 11 is 0. The van der Waals surface area contributed by atoms with Gasteiger partial charge >= 0.3 is 0 Å². The minimum Gasteiger partial charge on any atom is -0.497 e. The number of carbonyl (C=O) groups excluding carboxylic acids is 1. The molecular weight excluding hydrogens is 268 g/mol. The van der Waals surface area contributed by atoms with Crippen molar-refractivity contribution in [3.63, 3.8) is 0 Å². The number of rotatable bonds is 8. The maximum atomic E-state index is 11.9. The van der Waals surface area contributed by atoms with E-state index in [-0.39, 0.29) is 11.9 Å². The van der Waals surface area contributed by atoms with Gasteiger partial charge in [0.25, 0.3) is 0 Å². The second kappa shape index (κ2) is 8.32. The lowest BCUT2D eigenvalue weighted by Gasteiger charge is -2.24. The molecule has 0 saturated carbocycles. The van der Waals surface area contributed by atoms with Crippen LogP contribution >= 0.6 is 0 Å². The van der Waals surface area contributed by atoms with Crippen LogP contribution in [0.3, 0.4) is 0 Å². The summed E-state index contributed by atoms with van der Waals surface area (Å²) in [5, 5.41) is 2.80. The quantitative estimate of drug-likeness (QED) is 0.743. The van der Waals surface area contributed by atoms with Gasteiger partial charge in [-0.2, -0.15) is 0 Å². The van der Waals surface area contributed by atoms with Crippen molar-refractivity contribution in [2.75, 3.05) is 27.8 Å². The first kappa shape index (κ1) is 17.0. The molecule has 1 aromatic rings. The summed E-state index contributed by atoms with van der Waals surface area (Å²) in [5.74, 6) is 1.47. The van der Waals surface area contributed by atoms with Crippen molar-refractivity contribution in [1.82, 2.24) is 10.2 Å². The van der Waals surface area contributed by atoms with E-state index in [9.17, 15) is 4.79 Å². The van der Waals surface area contributed by atoms with Crippen molar-refractivity contribution in [3.8, 4) is 11.5 Å². The van der Waals surface area contributed by atoms with Crippen molar-refractivity contribution < 1.29 is 14.3 Å². The fourth-order valence-electron chi connectivity index (χ4n) is 1.91. The summed E-state index contributed by atoms with van der Waals surface area (Å²) in [5.41, 5.74) is 1.00. The average molecular weight is 292 g/mol. The van der Waals surface area contributed by atoms with Gasteiger partial charge in [-0.1, -0.05) is 12.1 Å². The van der Waals surface area contributed by atoms with Crippen molar-refractivity contribution in [3.05, 3.63) is 36.4 Å². The van der Waals surface area contributed by atoms with Gasteiger partial charge in [0, 0.05) is 24.7 Å². The molecule has 1 amide bonds. The second-order valence-electron chi connectivity index (χ2n) is 4.80. The minimum atomic E-state index is -0.239. The number of hydrogen-bond acceptors (Lipinski definition) is 4. The molecule has 116 valence electrons. The Kier molecular flexibility index (Phi) is 6.75. The Morgan fingerprint density at radius 3 is 2.71 bits per heavy atom. The molecule has 0 aliphatic carbocycles. The lowest BCUT2D eigenvalue weighted by Crippen LogP contribution is -2.42. The van der Waals surface area contributed by atoms with Gasteiger partial charge in [0.15, 0.2) is 0 Å². The number of benzene rings is 1. The van der Waals surface area contributed by atoms with E-state index >= 15 is 0 Å². The summed E-state index contributed by atoms with van der Waals surface area (Å²) in [6.45, 7) is 6.54. The fraction of sp³-hybridized carbons (Fsp3) is 0.438. The highest BCUT2D eigenvalue weighted by atomic mass is 16.5. The molecule has 0 radical (unpaired) electrons. The molecule has 0 heterocycles. The van der Waals surface area contributed by atoms with E-state index in [1.807, 2.05) is 37.1 Å². The van der Waals surface area contributed by atoms with E-state index in [1.165, 1.54) is 0 Å². The van der Waals surface area contributed by atoms with Crippen molar-refractivity contribution in [2.24, 2.45) is 0 Å². The monoisotopic (exact) mass is 292 g/mol. The molecule has 0 spiro atoms. The molecule has 5 heteroatoms. The largest absolute Gasteiger partial charge is 0.497 e. The van der Waals surface area contributed by atoms with Gasteiger partial charge in [-0.15, -0.1) is 6.58 Å². The van der Waals surface area contributed by atoms with E-state index in [0.29, 0.717) is 13.1 Å². The normalized spacial score (nSPS) is 11.9. The predicted octanol–water partition coefficient (Wildman–Crippen LogP) is 1.83. The molecule has 1 aromatic carbocycles. The fourth-order valence-corrected chi connectivity index (χ4v) is 1.91. The van der Waals surface area contributed by atoms with Crippen LogP contribution in [-0.2, 0) is 11.3 Å². The number of amides is 1. The van der Waals surface area contributed by atoms with E-state index in [4.69, 9.17) is 9.47 Å². The first-order valence-electron chi connectivity index (χ1n) is 6.83. The van der Waals surface area contributed by atoms with Gasteiger partial charge in [0.2, 0.25) is 5.91 Å². The van der Waals surface area contributed by atoms with E-state index < -0.39 is 0 Å². The molecule has 0 aliphatic rings. The Bertz CT molecular complexity index is 488. The highest BCUT2D eigenvalue weighted by molar-refractivity contribution is 5.81. The molecule has 1 rings (SSSR count). The Morgan fingerprint density at radius 2 is 2.14 bits per heavy atom. The van der Waals surface area contributed by atoms with Gasteiger partial charge in [0.1, 0.15) is 11.5 Å². The molecule has 0 fully saturated rings. The Balaban J connectivity index is 2.75. The highest BCUT2D eigenvalue weighted by Gasteiger charge is 2.18. The lowest BCUT2D eigenvalue weighted by molar-refractivity contribution is -0.125. The number of nitrogens with one attached hydrogen (secondary N) is 1. The van der Waals surface area contributed by atoms with Crippen LogP contribution < -0.4 is 14.8 Å². The average Bonchev–Trinajstić information content (AvgIpc) is 2.51. The molecule has 1 atom stereocenters. The van der Waals surface area contributed by atoms with E-state index in [0.717, 1.165) is 17.1 Å². The predicted molar refractivity (Wildman–Crippen MR) is 83.7 cm³/mol. The van der Waals surface area contributed by atoms with Gasteiger partial charge in [-0.25, -0.2) is 0 Å². The van der Waals surface area contributed by atoms with Crippen LogP contribution in [0.25, 0.3) is 0 Å². The molecule has 5 nitrogen and oxygen atoms in total. The zero-order valence-electron chi connectivity index (χ0n) is 13.2. The highest BCUT2D eigenvalue weighted by Crippen LogP contribution is 2.25. The number of ether oxygens (including phenoxy) is 2. The third kappa shape index (κ3) is 4.79. The zero-order chi connectivity index (χ0) is 15.8. The molecule has 0 aromatic heterocycles. The number of hydrogen-bond donors (Lipinski definition) is 1. The van der Waals surface area contributed by atoms with Crippen LogP contribution in [0.1, 0.15) is 12.5 Å². The summed E-state index contributed by atoms with van der Waals surface area (Å²) in [6.07, 6.45) is 1.66. The second-order valence-corrected chi connectivity index (χ2v) is 4.80. The van der Waals surface area contributed by atoms with Crippen LogP contribution in [0.2, 0.25) is 0 Å². The van der Waals surface area contributed by atoms with Crippen molar-refractivity contribution in [2.45, 2.75) is 19.5 Å². The standard InChI is InChI=1S/C16H24N2O3/c1-6-9-17-16(19)12(2)18(3)11-13-7-8-14(20-4)10-15(13)21-5/h6-8,10,12H,1,9,11H2,2-5H3,(H,17,19)/t12-/m1/s1. The molecule has 0 aliphatic heterocycles. The van der Waals surface area contributed by atoms with Crippen LogP contribution in [-0.4, -0.2) is 44.7 Å². The number of methoxy groups -OCH3 is 2. The number of carbonyl (C=O) groups is 1. The summed E-state index contributed by atoms with van der Waals surface area (Å²) in [6, 6.07) is 5.43. The van der Waals surface area contributed by atoms with Crippen LogP contribution in [0.15, 0.2) is 30.9 Å². The maximum Gasteiger partial charge on any atom is 0.237 e. The Labute approximate surface area is 126 Å². The molecule has 1 N–H and O–H groups in total. The third-order valence-electron chi connectivity index (χ3n) is 3.38. The Morgan fingerprint density at radius 1 is 1.43 bits per heavy atom. The summed E-state index contributed by atoms with van der Waals surface area (Å²) in [7, 11) is 5.15. The van der Waals surface area contributed by atoms with Crippen molar-refractivity contribution >= 4 is 5.91 Å².